The monoisotopic (exact) mass is 408 g/mol. The first kappa shape index (κ1) is 20.7. The van der Waals surface area contributed by atoms with Crippen LogP contribution in [0.2, 0.25) is 0 Å². The quantitative estimate of drug-likeness (QED) is 0.752. The first-order chi connectivity index (χ1) is 14.6. The Labute approximate surface area is 179 Å². The molecule has 5 heteroatoms. The number of amides is 1. The molecule has 160 valence electrons. The van der Waals surface area contributed by atoms with Crippen LogP contribution in [0.3, 0.4) is 0 Å². The molecule has 0 unspecified atom stereocenters. The van der Waals surface area contributed by atoms with Crippen molar-refractivity contribution in [1.82, 2.24) is 9.80 Å². The Kier molecular flexibility index (Phi) is 6.28. The molecule has 0 N–H and O–H groups in total. The Morgan fingerprint density at radius 2 is 1.70 bits per heavy atom. The van der Waals surface area contributed by atoms with E-state index in [0.717, 1.165) is 74.6 Å². The van der Waals surface area contributed by atoms with Gasteiger partial charge in [-0.25, -0.2) is 0 Å². The predicted molar refractivity (Wildman–Crippen MR) is 118 cm³/mol. The fourth-order valence-electron chi connectivity index (χ4n) is 4.85. The highest BCUT2D eigenvalue weighted by molar-refractivity contribution is 5.94. The summed E-state index contributed by atoms with van der Waals surface area (Å²) in [5.74, 6) is 2.72. The maximum atomic E-state index is 12.8. The van der Waals surface area contributed by atoms with Crippen LogP contribution in [-0.4, -0.2) is 56.1 Å². The van der Waals surface area contributed by atoms with Crippen LogP contribution in [0.4, 0.5) is 0 Å². The van der Waals surface area contributed by atoms with Crippen LogP contribution < -0.4 is 9.47 Å². The molecule has 1 amide bonds. The number of aryl methyl sites for hydroxylation is 1. The summed E-state index contributed by atoms with van der Waals surface area (Å²) in [6, 6.07) is 11.9. The molecular formula is C25H32N2O3. The van der Waals surface area contributed by atoms with Gasteiger partial charge in [-0.3, -0.25) is 9.69 Å². The molecule has 2 aliphatic heterocycles. The molecule has 1 fully saturated rings. The van der Waals surface area contributed by atoms with Gasteiger partial charge in [-0.15, -0.1) is 0 Å². The number of likely N-dealkylation sites (tertiary alicyclic amines) is 1. The Balaban J connectivity index is 1.35. The zero-order valence-corrected chi connectivity index (χ0v) is 18.3. The Bertz CT molecular complexity index is 903. The number of fused-ring (bicyclic) bond motifs is 1. The summed E-state index contributed by atoms with van der Waals surface area (Å²) in [6.45, 7) is 6.74. The molecule has 0 radical (unpaired) electrons. The van der Waals surface area contributed by atoms with E-state index in [1.54, 1.807) is 14.2 Å². The van der Waals surface area contributed by atoms with Gasteiger partial charge in [0.05, 0.1) is 14.2 Å². The molecule has 30 heavy (non-hydrogen) atoms. The van der Waals surface area contributed by atoms with Crippen LogP contribution in [-0.2, 0) is 13.0 Å². The van der Waals surface area contributed by atoms with E-state index in [-0.39, 0.29) is 5.91 Å². The molecule has 2 aliphatic rings. The summed E-state index contributed by atoms with van der Waals surface area (Å²) < 4.78 is 11.2. The van der Waals surface area contributed by atoms with Gasteiger partial charge in [-0.1, -0.05) is 17.7 Å². The molecule has 0 atom stereocenters. The van der Waals surface area contributed by atoms with Gasteiger partial charge in [-0.05, 0) is 56.4 Å². The van der Waals surface area contributed by atoms with Gasteiger partial charge in [-0.2, -0.15) is 0 Å². The van der Waals surface area contributed by atoms with Gasteiger partial charge in [0.15, 0.2) is 0 Å². The summed E-state index contributed by atoms with van der Waals surface area (Å²) >= 11 is 0. The molecule has 0 bridgehead atoms. The van der Waals surface area contributed by atoms with E-state index in [2.05, 4.69) is 4.90 Å². The molecule has 2 aromatic rings. The Morgan fingerprint density at radius 1 is 1.00 bits per heavy atom. The van der Waals surface area contributed by atoms with Gasteiger partial charge in [0, 0.05) is 49.4 Å². The minimum absolute atomic E-state index is 0.167. The summed E-state index contributed by atoms with van der Waals surface area (Å²) in [5, 5.41) is 0. The summed E-state index contributed by atoms with van der Waals surface area (Å²) in [7, 11) is 3.47. The number of nitrogens with zero attached hydrogens (tertiary/aromatic N) is 2. The van der Waals surface area contributed by atoms with Gasteiger partial charge in [0.1, 0.15) is 11.5 Å². The lowest BCUT2D eigenvalue weighted by molar-refractivity contribution is 0.0662. The number of ether oxygens (including phenoxy) is 2. The number of hydrogen-bond donors (Lipinski definition) is 0. The second-order valence-electron chi connectivity index (χ2n) is 8.52. The minimum Gasteiger partial charge on any atom is -0.496 e. The number of carbonyl (C=O) groups excluding carboxylic acids is 1. The molecule has 0 saturated carbocycles. The van der Waals surface area contributed by atoms with Crippen molar-refractivity contribution in [1.29, 1.82) is 0 Å². The van der Waals surface area contributed by atoms with E-state index < -0.39 is 0 Å². The van der Waals surface area contributed by atoms with Gasteiger partial charge < -0.3 is 14.4 Å². The van der Waals surface area contributed by atoms with Crippen molar-refractivity contribution in [3.05, 3.63) is 58.7 Å². The maximum absolute atomic E-state index is 12.8. The van der Waals surface area contributed by atoms with E-state index in [1.165, 1.54) is 11.1 Å². The fraction of sp³-hybridized carbons (Fsp3) is 0.480. The van der Waals surface area contributed by atoms with E-state index in [0.29, 0.717) is 5.92 Å². The normalized spacial score (nSPS) is 17.5. The van der Waals surface area contributed by atoms with Crippen molar-refractivity contribution in [2.45, 2.75) is 32.7 Å². The van der Waals surface area contributed by atoms with Crippen LogP contribution in [0, 0.1) is 12.8 Å². The van der Waals surface area contributed by atoms with Gasteiger partial charge in [0.25, 0.3) is 5.91 Å². The largest absolute Gasteiger partial charge is 0.496 e. The molecular weight excluding hydrogens is 376 g/mol. The average Bonchev–Trinajstić information content (AvgIpc) is 2.78. The topological polar surface area (TPSA) is 42.0 Å². The van der Waals surface area contributed by atoms with Gasteiger partial charge >= 0.3 is 0 Å². The molecule has 4 rings (SSSR count). The zero-order valence-electron chi connectivity index (χ0n) is 18.3. The third-order valence-electron chi connectivity index (χ3n) is 6.53. The smallest absolute Gasteiger partial charge is 0.253 e. The molecule has 2 heterocycles. The predicted octanol–water partition coefficient (Wildman–Crippen LogP) is 3.92. The second-order valence-corrected chi connectivity index (χ2v) is 8.52. The lowest BCUT2D eigenvalue weighted by Crippen LogP contribution is -2.42. The van der Waals surface area contributed by atoms with Crippen molar-refractivity contribution < 1.29 is 14.3 Å². The zero-order chi connectivity index (χ0) is 21.1. The van der Waals surface area contributed by atoms with Crippen LogP contribution in [0.5, 0.6) is 11.5 Å². The second kappa shape index (κ2) is 9.09. The molecule has 0 aliphatic carbocycles. The highest BCUT2D eigenvalue weighted by Crippen LogP contribution is 2.35. The number of hydrogen-bond acceptors (Lipinski definition) is 4. The summed E-state index contributed by atoms with van der Waals surface area (Å²) in [4.78, 5) is 17.4. The minimum atomic E-state index is 0.167. The van der Waals surface area contributed by atoms with Crippen molar-refractivity contribution in [3.63, 3.8) is 0 Å². The molecule has 0 spiro atoms. The number of benzene rings is 2. The average molecular weight is 409 g/mol. The summed E-state index contributed by atoms with van der Waals surface area (Å²) in [5.41, 5.74) is 4.48. The maximum Gasteiger partial charge on any atom is 0.253 e. The van der Waals surface area contributed by atoms with Crippen molar-refractivity contribution in [3.8, 4) is 11.5 Å². The fourth-order valence-corrected chi connectivity index (χ4v) is 4.85. The molecule has 2 aromatic carbocycles. The lowest BCUT2D eigenvalue weighted by atomic mass is 9.93. The van der Waals surface area contributed by atoms with E-state index in [9.17, 15) is 4.79 Å². The highest BCUT2D eigenvalue weighted by atomic mass is 16.5. The van der Waals surface area contributed by atoms with Crippen LogP contribution in [0.15, 0.2) is 36.4 Å². The lowest BCUT2D eigenvalue weighted by Gasteiger charge is -2.37. The summed E-state index contributed by atoms with van der Waals surface area (Å²) in [6.07, 6.45) is 3.12. The van der Waals surface area contributed by atoms with E-state index in [1.807, 2.05) is 48.2 Å². The van der Waals surface area contributed by atoms with Crippen molar-refractivity contribution in [2.24, 2.45) is 5.92 Å². The number of piperidine rings is 1. The number of carbonyl (C=O) groups is 1. The molecule has 1 saturated heterocycles. The first-order valence-electron chi connectivity index (χ1n) is 10.9. The highest BCUT2D eigenvalue weighted by Gasteiger charge is 2.28. The Morgan fingerprint density at radius 3 is 2.37 bits per heavy atom. The van der Waals surface area contributed by atoms with E-state index in [4.69, 9.17) is 9.47 Å². The molecule has 5 nitrogen and oxygen atoms in total. The number of methoxy groups -OCH3 is 2. The third kappa shape index (κ3) is 4.31. The van der Waals surface area contributed by atoms with Crippen LogP contribution >= 0.6 is 0 Å². The van der Waals surface area contributed by atoms with Gasteiger partial charge in [0.2, 0.25) is 0 Å². The Hall–Kier alpha value is -2.53. The number of rotatable bonds is 5. The SMILES string of the molecule is COc1ccc(OC)c2c1CCN(CC1CCN(C(=O)c3cccc(C)c3)CC1)C2. The van der Waals surface area contributed by atoms with Crippen LogP contribution in [0.25, 0.3) is 0 Å². The molecule has 0 aromatic heterocycles. The third-order valence-corrected chi connectivity index (χ3v) is 6.53. The van der Waals surface area contributed by atoms with Crippen molar-refractivity contribution >= 4 is 5.91 Å². The van der Waals surface area contributed by atoms with E-state index >= 15 is 0 Å². The first-order valence-corrected chi connectivity index (χ1v) is 10.9. The van der Waals surface area contributed by atoms with Crippen molar-refractivity contribution in [2.75, 3.05) is 40.4 Å². The van der Waals surface area contributed by atoms with Crippen LogP contribution in [0.1, 0.15) is 39.9 Å². The standard InChI is InChI=1S/C25H32N2O3/c1-18-5-4-6-20(15-18)25(28)27-13-9-19(10-14-27)16-26-12-11-21-22(17-26)24(30-3)8-7-23(21)29-2/h4-8,15,19H,9-14,16-17H2,1-3H3.